The van der Waals surface area contributed by atoms with Crippen molar-refractivity contribution < 1.29 is 9.18 Å². The summed E-state index contributed by atoms with van der Waals surface area (Å²) >= 11 is 0. The molecule has 28 heavy (non-hydrogen) atoms. The lowest BCUT2D eigenvalue weighted by Gasteiger charge is -2.17. The molecule has 3 N–H and O–H groups in total. The van der Waals surface area contributed by atoms with E-state index >= 15 is 0 Å². The van der Waals surface area contributed by atoms with E-state index in [1.165, 1.54) is 12.1 Å². The molecule has 0 saturated carbocycles. The quantitative estimate of drug-likeness (QED) is 0.712. The van der Waals surface area contributed by atoms with Crippen LogP contribution in [0.5, 0.6) is 0 Å². The third kappa shape index (κ3) is 3.93. The fourth-order valence-electron chi connectivity index (χ4n) is 3.33. The van der Waals surface area contributed by atoms with Crippen molar-refractivity contribution in [1.29, 1.82) is 0 Å². The maximum absolute atomic E-state index is 13.1. The highest BCUT2D eigenvalue weighted by Gasteiger charge is 2.27. The number of hydrogen-bond acceptors (Lipinski definition) is 5. The van der Waals surface area contributed by atoms with Crippen LogP contribution in [-0.2, 0) is 4.79 Å². The summed E-state index contributed by atoms with van der Waals surface area (Å²) in [5.41, 5.74) is 8.16. The van der Waals surface area contributed by atoms with E-state index in [-0.39, 0.29) is 17.6 Å². The largest absolute Gasteiger partial charge is 0.369 e. The Kier molecular flexibility index (Phi) is 4.89. The van der Waals surface area contributed by atoms with Crippen molar-refractivity contribution in [2.24, 2.45) is 11.7 Å². The highest BCUT2D eigenvalue weighted by atomic mass is 19.1. The number of carbonyl (C=O) groups excluding carboxylic acids is 1. The SMILES string of the molecule is NC(=O)C1CCN(c2cc(-c3ccnc(Nc4ccc(F)cc4)c3)ccn2)C1. The molecule has 0 bridgehead atoms. The third-order valence-corrected chi connectivity index (χ3v) is 4.87. The Morgan fingerprint density at radius 1 is 1.07 bits per heavy atom. The van der Waals surface area contributed by atoms with E-state index in [0.29, 0.717) is 12.4 Å². The first-order valence-corrected chi connectivity index (χ1v) is 9.08. The van der Waals surface area contributed by atoms with Crippen LogP contribution in [0, 0.1) is 11.7 Å². The average Bonchev–Trinajstić information content (AvgIpc) is 3.21. The number of benzene rings is 1. The van der Waals surface area contributed by atoms with Gasteiger partial charge in [-0.2, -0.15) is 0 Å². The molecule has 1 aliphatic heterocycles. The number of carbonyl (C=O) groups is 1. The van der Waals surface area contributed by atoms with Crippen LogP contribution < -0.4 is 16.0 Å². The van der Waals surface area contributed by atoms with Crippen LogP contribution in [0.2, 0.25) is 0 Å². The number of nitrogens with zero attached hydrogens (tertiary/aromatic N) is 3. The standard InChI is InChI=1S/C21H20FN5O/c22-17-1-3-18(4-2-17)26-19-11-14(5-8-24-19)15-6-9-25-20(12-15)27-10-7-16(13-27)21(23)28/h1-6,8-9,11-12,16H,7,10,13H2,(H2,23,28)(H,24,26). The van der Waals surface area contributed by atoms with Gasteiger partial charge in [-0.3, -0.25) is 4.79 Å². The van der Waals surface area contributed by atoms with Crippen molar-refractivity contribution in [1.82, 2.24) is 9.97 Å². The number of anilines is 3. The number of nitrogens with two attached hydrogens (primary N) is 1. The van der Waals surface area contributed by atoms with Crippen molar-refractivity contribution in [3.8, 4) is 11.1 Å². The second-order valence-corrected chi connectivity index (χ2v) is 6.80. The van der Waals surface area contributed by atoms with E-state index in [1.807, 2.05) is 24.3 Å². The molecule has 0 radical (unpaired) electrons. The second kappa shape index (κ2) is 7.64. The smallest absolute Gasteiger partial charge is 0.222 e. The molecular weight excluding hydrogens is 357 g/mol. The summed E-state index contributed by atoms with van der Waals surface area (Å²) in [7, 11) is 0. The van der Waals surface area contributed by atoms with Gasteiger partial charge in [0, 0.05) is 31.2 Å². The average molecular weight is 377 g/mol. The normalized spacial score (nSPS) is 16.2. The molecule has 6 nitrogen and oxygen atoms in total. The number of halogens is 1. The van der Waals surface area contributed by atoms with Gasteiger partial charge in [-0.15, -0.1) is 0 Å². The molecule has 1 aliphatic rings. The summed E-state index contributed by atoms with van der Waals surface area (Å²) in [6, 6.07) is 13.9. The van der Waals surface area contributed by atoms with Gasteiger partial charge in [0.05, 0.1) is 5.92 Å². The summed E-state index contributed by atoms with van der Waals surface area (Å²) in [4.78, 5) is 22.3. The van der Waals surface area contributed by atoms with E-state index < -0.39 is 0 Å². The number of pyridine rings is 2. The molecule has 0 aliphatic carbocycles. The Hall–Kier alpha value is -3.48. The van der Waals surface area contributed by atoms with E-state index in [1.54, 1.807) is 24.5 Å². The Morgan fingerprint density at radius 2 is 1.79 bits per heavy atom. The van der Waals surface area contributed by atoms with E-state index in [2.05, 4.69) is 20.2 Å². The Balaban J connectivity index is 1.54. The van der Waals surface area contributed by atoms with Gasteiger partial charge in [0.15, 0.2) is 0 Å². The Morgan fingerprint density at radius 3 is 2.50 bits per heavy atom. The predicted octanol–water partition coefficient (Wildman–Crippen LogP) is 3.34. The summed E-state index contributed by atoms with van der Waals surface area (Å²) in [6.07, 6.45) is 4.23. The van der Waals surface area contributed by atoms with Crippen LogP contribution in [0.4, 0.5) is 21.7 Å². The molecule has 142 valence electrons. The first-order valence-electron chi connectivity index (χ1n) is 9.08. The van der Waals surface area contributed by atoms with Gasteiger partial charge >= 0.3 is 0 Å². The lowest BCUT2D eigenvalue weighted by molar-refractivity contribution is -0.121. The Labute approximate surface area is 162 Å². The number of rotatable bonds is 5. The molecule has 7 heteroatoms. The van der Waals surface area contributed by atoms with Gasteiger partial charge in [0.2, 0.25) is 5.91 Å². The summed E-state index contributed by atoms with van der Waals surface area (Å²) in [5.74, 6) is 0.822. The molecule has 1 amide bonds. The molecule has 2 aromatic heterocycles. The molecule has 0 spiro atoms. The van der Waals surface area contributed by atoms with Crippen LogP contribution in [0.1, 0.15) is 6.42 Å². The van der Waals surface area contributed by atoms with Gasteiger partial charge in [-0.1, -0.05) is 0 Å². The van der Waals surface area contributed by atoms with Gasteiger partial charge in [-0.25, -0.2) is 14.4 Å². The van der Waals surface area contributed by atoms with Gasteiger partial charge < -0.3 is 16.0 Å². The van der Waals surface area contributed by atoms with Crippen LogP contribution in [0.25, 0.3) is 11.1 Å². The van der Waals surface area contributed by atoms with Crippen molar-refractivity contribution in [2.75, 3.05) is 23.3 Å². The predicted molar refractivity (Wildman–Crippen MR) is 107 cm³/mol. The number of nitrogens with one attached hydrogen (secondary N) is 1. The third-order valence-electron chi connectivity index (χ3n) is 4.87. The molecule has 1 unspecified atom stereocenters. The molecule has 1 fully saturated rings. The zero-order valence-corrected chi connectivity index (χ0v) is 15.2. The summed E-state index contributed by atoms with van der Waals surface area (Å²) in [6.45, 7) is 1.36. The van der Waals surface area contributed by atoms with E-state index in [4.69, 9.17) is 5.73 Å². The summed E-state index contributed by atoms with van der Waals surface area (Å²) < 4.78 is 13.1. The molecule has 1 saturated heterocycles. The van der Waals surface area contributed by atoms with Gasteiger partial charge in [-0.05, 0) is 66.1 Å². The van der Waals surface area contributed by atoms with Gasteiger partial charge in [0.1, 0.15) is 17.5 Å². The zero-order chi connectivity index (χ0) is 19.5. The topological polar surface area (TPSA) is 84.1 Å². The maximum atomic E-state index is 13.1. The lowest BCUT2D eigenvalue weighted by Crippen LogP contribution is -2.27. The number of hydrogen-bond donors (Lipinski definition) is 2. The molecule has 3 heterocycles. The Bertz CT molecular complexity index is 992. The van der Waals surface area contributed by atoms with Crippen molar-refractivity contribution in [3.63, 3.8) is 0 Å². The first kappa shape index (κ1) is 17.9. The van der Waals surface area contributed by atoms with Crippen molar-refractivity contribution in [3.05, 3.63) is 66.7 Å². The fourth-order valence-corrected chi connectivity index (χ4v) is 3.33. The molecular formula is C21H20FN5O. The lowest BCUT2D eigenvalue weighted by atomic mass is 10.1. The van der Waals surface area contributed by atoms with Crippen molar-refractivity contribution in [2.45, 2.75) is 6.42 Å². The van der Waals surface area contributed by atoms with E-state index in [0.717, 1.165) is 35.6 Å². The number of aromatic nitrogens is 2. The first-order chi connectivity index (χ1) is 13.6. The maximum Gasteiger partial charge on any atom is 0.222 e. The number of primary amides is 1. The minimum atomic E-state index is -0.280. The van der Waals surface area contributed by atoms with E-state index in [9.17, 15) is 9.18 Å². The molecule has 1 aromatic carbocycles. The van der Waals surface area contributed by atoms with Crippen LogP contribution in [0.3, 0.4) is 0 Å². The summed E-state index contributed by atoms with van der Waals surface area (Å²) in [5, 5.41) is 3.17. The minimum Gasteiger partial charge on any atom is -0.369 e. The molecule has 1 atom stereocenters. The monoisotopic (exact) mass is 377 g/mol. The van der Waals surface area contributed by atoms with Crippen LogP contribution in [0.15, 0.2) is 60.9 Å². The minimum absolute atomic E-state index is 0.127. The number of amides is 1. The molecule has 3 aromatic rings. The highest BCUT2D eigenvalue weighted by Crippen LogP contribution is 2.28. The second-order valence-electron chi connectivity index (χ2n) is 6.80. The van der Waals surface area contributed by atoms with Gasteiger partial charge in [0.25, 0.3) is 0 Å². The van der Waals surface area contributed by atoms with Crippen LogP contribution >= 0.6 is 0 Å². The molecule has 4 rings (SSSR count). The van der Waals surface area contributed by atoms with Crippen LogP contribution in [-0.4, -0.2) is 29.0 Å². The highest BCUT2D eigenvalue weighted by molar-refractivity contribution is 5.78. The van der Waals surface area contributed by atoms with Crippen molar-refractivity contribution >= 4 is 23.2 Å². The zero-order valence-electron chi connectivity index (χ0n) is 15.2. The fraction of sp³-hybridized carbons (Fsp3) is 0.190.